The van der Waals surface area contributed by atoms with Crippen LogP contribution in [0.3, 0.4) is 0 Å². The third-order valence-electron chi connectivity index (χ3n) is 2.09. The molecule has 0 radical (unpaired) electrons. The molecule has 2 rings (SSSR count). The summed E-state index contributed by atoms with van der Waals surface area (Å²) >= 11 is 4.54. The van der Waals surface area contributed by atoms with E-state index in [1.54, 1.807) is 18.3 Å². The molecule has 0 aliphatic heterocycles. The quantitative estimate of drug-likeness (QED) is 0.939. The lowest BCUT2D eigenvalue weighted by Crippen LogP contribution is -1.88. The maximum absolute atomic E-state index is 13.6. The molecule has 88 valence electrons. The predicted molar refractivity (Wildman–Crippen MR) is 68.4 cm³/mol. The minimum absolute atomic E-state index is 0.154. The van der Waals surface area contributed by atoms with Gasteiger partial charge in [0.05, 0.1) is 6.61 Å². The summed E-state index contributed by atoms with van der Waals surface area (Å²) in [6, 6.07) is 8.35. The van der Waals surface area contributed by atoms with Crippen molar-refractivity contribution >= 4 is 27.7 Å². The Morgan fingerprint density at radius 3 is 2.71 bits per heavy atom. The summed E-state index contributed by atoms with van der Waals surface area (Å²) in [7, 11) is 0. The summed E-state index contributed by atoms with van der Waals surface area (Å²) in [5.41, 5.74) is 0.565. The van der Waals surface area contributed by atoms with Crippen LogP contribution in [0.5, 0.6) is 0 Å². The minimum atomic E-state index is -0.341. The van der Waals surface area contributed by atoms with E-state index in [1.807, 2.05) is 12.1 Å². The number of aliphatic hydroxyl groups excluding tert-OH is 1. The fourth-order valence-corrected chi connectivity index (χ4v) is 2.25. The molecule has 0 aliphatic rings. The van der Waals surface area contributed by atoms with Gasteiger partial charge in [-0.2, -0.15) is 0 Å². The predicted octanol–water partition coefficient (Wildman–Crippen LogP) is 3.63. The molecule has 0 bridgehead atoms. The Hall–Kier alpha value is -0.910. The highest BCUT2D eigenvalue weighted by molar-refractivity contribution is 9.10. The van der Waals surface area contributed by atoms with Gasteiger partial charge in [-0.15, -0.1) is 0 Å². The molecule has 0 fully saturated rings. The van der Waals surface area contributed by atoms with E-state index >= 15 is 0 Å². The highest BCUT2D eigenvalue weighted by Crippen LogP contribution is 2.29. The van der Waals surface area contributed by atoms with Gasteiger partial charge in [-0.05, 0) is 45.8 Å². The number of hydrogen-bond acceptors (Lipinski definition) is 3. The number of benzene rings is 1. The highest BCUT2D eigenvalue weighted by Gasteiger charge is 2.06. The number of nitrogens with zero attached hydrogens (tertiary/aromatic N) is 1. The summed E-state index contributed by atoms with van der Waals surface area (Å²) in [6.45, 7) is -0.154. The number of hydrogen-bond donors (Lipinski definition) is 1. The minimum Gasteiger partial charge on any atom is -0.392 e. The Balaban J connectivity index is 2.21. The van der Waals surface area contributed by atoms with Crippen LogP contribution in [0.1, 0.15) is 5.56 Å². The van der Waals surface area contributed by atoms with Gasteiger partial charge in [0.1, 0.15) is 10.8 Å². The van der Waals surface area contributed by atoms with E-state index in [0.717, 1.165) is 9.50 Å². The summed E-state index contributed by atoms with van der Waals surface area (Å²) in [4.78, 5) is 4.65. The monoisotopic (exact) mass is 313 g/mol. The van der Waals surface area contributed by atoms with E-state index in [4.69, 9.17) is 5.11 Å². The standard InChI is InChI=1S/C12H9BrFNOS/c13-9-2-4-12(15-6-9)17-11-3-1-8(7-16)5-10(11)14/h1-6,16H,7H2. The Morgan fingerprint density at radius 1 is 1.29 bits per heavy atom. The van der Waals surface area contributed by atoms with Crippen LogP contribution in [0.2, 0.25) is 0 Å². The zero-order chi connectivity index (χ0) is 12.3. The average molecular weight is 314 g/mol. The molecule has 2 aromatic rings. The van der Waals surface area contributed by atoms with Crippen molar-refractivity contribution < 1.29 is 9.50 Å². The Labute approximate surface area is 111 Å². The third-order valence-corrected chi connectivity index (χ3v) is 3.56. The van der Waals surface area contributed by atoms with Gasteiger partial charge in [-0.3, -0.25) is 0 Å². The zero-order valence-corrected chi connectivity index (χ0v) is 11.1. The van der Waals surface area contributed by atoms with Gasteiger partial charge in [0.2, 0.25) is 0 Å². The lowest BCUT2D eigenvalue weighted by atomic mass is 10.2. The van der Waals surface area contributed by atoms with Gasteiger partial charge in [-0.25, -0.2) is 9.37 Å². The molecular formula is C12H9BrFNOS. The van der Waals surface area contributed by atoms with Crippen LogP contribution in [-0.4, -0.2) is 10.1 Å². The molecular weight excluding hydrogens is 305 g/mol. The molecule has 0 amide bonds. The van der Waals surface area contributed by atoms with Gasteiger partial charge < -0.3 is 5.11 Å². The van der Waals surface area contributed by atoms with Crippen molar-refractivity contribution in [2.45, 2.75) is 16.5 Å². The summed E-state index contributed by atoms with van der Waals surface area (Å²) < 4.78 is 14.5. The van der Waals surface area contributed by atoms with Crippen LogP contribution in [-0.2, 0) is 6.61 Å². The van der Waals surface area contributed by atoms with E-state index in [2.05, 4.69) is 20.9 Å². The maximum Gasteiger partial charge on any atom is 0.137 e. The molecule has 0 spiro atoms. The van der Waals surface area contributed by atoms with Crippen molar-refractivity contribution in [1.82, 2.24) is 4.98 Å². The number of rotatable bonds is 3. The second-order valence-corrected chi connectivity index (χ2v) is 5.32. The molecule has 17 heavy (non-hydrogen) atoms. The van der Waals surface area contributed by atoms with E-state index in [9.17, 15) is 4.39 Å². The highest BCUT2D eigenvalue weighted by atomic mass is 79.9. The van der Waals surface area contributed by atoms with Gasteiger partial charge >= 0.3 is 0 Å². The normalized spacial score (nSPS) is 10.5. The van der Waals surface area contributed by atoms with Crippen LogP contribution in [0.4, 0.5) is 4.39 Å². The summed E-state index contributed by atoms with van der Waals surface area (Å²) in [5.74, 6) is -0.341. The number of pyridine rings is 1. The molecule has 5 heteroatoms. The zero-order valence-electron chi connectivity index (χ0n) is 8.73. The van der Waals surface area contributed by atoms with E-state index < -0.39 is 0 Å². The Bertz CT molecular complexity index is 518. The SMILES string of the molecule is OCc1ccc(Sc2ccc(Br)cn2)c(F)c1. The van der Waals surface area contributed by atoms with Crippen molar-refractivity contribution in [3.8, 4) is 0 Å². The number of aromatic nitrogens is 1. The smallest absolute Gasteiger partial charge is 0.137 e. The van der Waals surface area contributed by atoms with Gasteiger partial charge in [-0.1, -0.05) is 17.8 Å². The van der Waals surface area contributed by atoms with E-state index in [1.165, 1.54) is 17.8 Å². The Morgan fingerprint density at radius 2 is 2.12 bits per heavy atom. The first-order valence-electron chi connectivity index (χ1n) is 4.88. The van der Waals surface area contributed by atoms with Gasteiger partial charge in [0.15, 0.2) is 0 Å². The molecule has 0 saturated carbocycles. The van der Waals surface area contributed by atoms with Crippen LogP contribution < -0.4 is 0 Å². The van der Waals surface area contributed by atoms with Crippen molar-refractivity contribution in [3.05, 3.63) is 52.4 Å². The van der Waals surface area contributed by atoms with Crippen molar-refractivity contribution in [2.75, 3.05) is 0 Å². The second kappa shape index (κ2) is 5.62. The fourth-order valence-electron chi connectivity index (χ4n) is 1.26. The maximum atomic E-state index is 13.6. The molecule has 1 N–H and O–H groups in total. The van der Waals surface area contributed by atoms with Crippen LogP contribution >= 0.6 is 27.7 Å². The van der Waals surface area contributed by atoms with Gasteiger partial charge in [0, 0.05) is 15.6 Å². The van der Waals surface area contributed by atoms with Crippen molar-refractivity contribution in [1.29, 1.82) is 0 Å². The van der Waals surface area contributed by atoms with E-state index in [0.29, 0.717) is 10.5 Å². The lowest BCUT2D eigenvalue weighted by molar-refractivity contribution is 0.281. The van der Waals surface area contributed by atoms with Gasteiger partial charge in [0.25, 0.3) is 0 Å². The molecule has 0 unspecified atom stereocenters. The largest absolute Gasteiger partial charge is 0.392 e. The molecule has 1 aromatic carbocycles. The van der Waals surface area contributed by atoms with Crippen LogP contribution in [0.25, 0.3) is 0 Å². The number of aliphatic hydroxyl groups is 1. The molecule has 1 heterocycles. The van der Waals surface area contributed by atoms with Crippen molar-refractivity contribution in [2.24, 2.45) is 0 Å². The first-order chi connectivity index (χ1) is 8.19. The fraction of sp³-hybridized carbons (Fsp3) is 0.0833. The number of halogens is 2. The average Bonchev–Trinajstić information content (AvgIpc) is 2.34. The lowest BCUT2D eigenvalue weighted by Gasteiger charge is -2.04. The third kappa shape index (κ3) is 3.28. The molecule has 0 aliphatic carbocycles. The Kier molecular flexibility index (Phi) is 4.15. The first-order valence-corrected chi connectivity index (χ1v) is 6.48. The van der Waals surface area contributed by atoms with E-state index in [-0.39, 0.29) is 12.4 Å². The summed E-state index contributed by atoms with van der Waals surface area (Å²) in [5, 5.41) is 9.61. The van der Waals surface area contributed by atoms with Crippen LogP contribution in [0.15, 0.2) is 50.9 Å². The molecule has 2 nitrogen and oxygen atoms in total. The van der Waals surface area contributed by atoms with Crippen LogP contribution in [0, 0.1) is 5.82 Å². The molecule has 0 saturated heterocycles. The topological polar surface area (TPSA) is 33.1 Å². The molecule has 0 atom stereocenters. The van der Waals surface area contributed by atoms with Crippen molar-refractivity contribution in [3.63, 3.8) is 0 Å². The molecule has 1 aromatic heterocycles. The first kappa shape index (κ1) is 12.5. The summed E-state index contributed by atoms with van der Waals surface area (Å²) in [6.07, 6.45) is 1.67. The second-order valence-electron chi connectivity index (χ2n) is 3.34.